The quantitative estimate of drug-likeness (QED) is 0.207. The lowest BCUT2D eigenvalue weighted by molar-refractivity contribution is -0.272. The van der Waals surface area contributed by atoms with Gasteiger partial charge in [0.25, 0.3) is 0 Å². The van der Waals surface area contributed by atoms with Crippen molar-refractivity contribution in [3.8, 4) is 0 Å². The minimum Gasteiger partial charge on any atom is -0.463 e. The van der Waals surface area contributed by atoms with Crippen molar-refractivity contribution in [2.45, 2.75) is 129 Å². The first-order valence-corrected chi connectivity index (χ1v) is 13.7. The Kier molecular flexibility index (Phi) is 16.0. The van der Waals surface area contributed by atoms with Crippen LogP contribution in [-0.2, 0) is 52.5 Å². The molecule has 0 aromatic rings. The van der Waals surface area contributed by atoms with Crippen molar-refractivity contribution in [1.82, 2.24) is 5.32 Å². The smallest absolute Gasteiger partial charge is 0.308 e. The summed E-state index contributed by atoms with van der Waals surface area (Å²) in [5.41, 5.74) is 0. The van der Waals surface area contributed by atoms with Crippen LogP contribution in [0.25, 0.3) is 0 Å². The molecule has 12 nitrogen and oxygen atoms in total. The number of rotatable bonds is 17. The molecule has 1 rings (SSSR count). The first-order valence-electron chi connectivity index (χ1n) is 13.7. The van der Waals surface area contributed by atoms with Crippen LogP contribution in [0.5, 0.6) is 0 Å². The zero-order valence-corrected chi connectivity index (χ0v) is 23.7. The Hall–Kier alpha value is -3.02. The highest BCUT2D eigenvalue weighted by Crippen LogP contribution is 2.29. The van der Waals surface area contributed by atoms with Gasteiger partial charge in [-0.25, -0.2) is 0 Å². The summed E-state index contributed by atoms with van der Waals surface area (Å²) in [6.45, 7) is 8.10. The lowest BCUT2D eigenvalue weighted by Crippen LogP contribution is -2.67. The zero-order chi connectivity index (χ0) is 29.4. The number of carbonyl (C=O) groups is 6. The molecule has 12 heteroatoms. The summed E-state index contributed by atoms with van der Waals surface area (Å²) < 4.78 is 28.2. The van der Waals surface area contributed by atoms with E-state index in [0.29, 0.717) is 25.7 Å². The fourth-order valence-corrected chi connectivity index (χ4v) is 3.80. The zero-order valence-electron chi connectivity index (χ0n) is 23.7. The number of hydrogen-bond acceptors (Lipinski definition) is 11. The van der Waals surface area contributed by atoms with Crippen molar-refractivity contribution >= 4 is 35.6 Å². The molecule has 0 bridgehead atoms. The van der Waals surface area contributed by atoms with E-state index in [1.165, 1.54) is 6.92 Å². The van der Waals surface area contributed by atoms with Crippen LogP contribution in [0.4, 0.5) is 0 Å². The third-order valence-electron chi connectivity index (χ3n) is 5.69. The van der Waals surface area contributed by atoms with Crippen molar-refractivity contribution in [2.75, 3.05) is 6.61 Å². The Morgan fingerprint density at radius 2 is 1.13 bits per heavy atom. The summed E-state index contributed by atoms with van der Waals surface area (Å²) in [5, 5.41) is 2.64. The lowest BCUT2D eigenvalue weighted by atomic mass is 9.95. The maximum Gasteiger partial charge on any atom is 0.308 e. The molecule has 1 fully saturated rings. The molecule has 1 amide bonds. The van der Waals surface area contributed by atoms with Gasteiger partial charge in [0, 0.05) is 38.5 Å². The van der Waals surface area contributed by atoms with Gasteiger partial charge in [0.05, 0.1) is 0 Å². The SMILES string of the molecule is CCCC(=O)OC[C@H]1OC(OC(=O)CCC)[C@@H](NC(=O)CCC(C)=O)[C@@H](OC(=O)CCC)[C@@H]1OC(=O)CCC. The van der Waals surface area contributed by atoms with Crippen LogP contribution in [0.1, 0.15) is 98.8 Å². The average molecular weight is 558 g/mol. The van der Waals surface area contributed by atoms with Crippen LogP contribution in [0, 0.1) is 0 Å². The Balaban J connectivity index is 3.48. The minimum atomic E-state index is -1.46. The van der Waals surface area contributed by atoms with E-state index in [1.54, 1.807) is 27.7 Å². The second-order valence-corrected chi connectivity index (χ2v) is 9.42. The molecular weight excluding hydrogens is 514 g/mol. The molecule has 39 heavy (non-hydrogen) atoms. The lowest BCUT2D eigenvalue weighted by Gasteiger charge is -2.44. The average Bonchev–Trinajstić information content (AvgIpc) is 2.85. The predicted molar refractivity (Wildman–Crippen MR) is 137 cm³/mol. The summed E-state index contributed by atoms with van der Waals surface area (Å²) in [6.07, 6.45) is -3.22. The summed E-state index contributed by atoms with van der Waals surface area (Å²) in [5.74, 6) is -3.19. The predicted octanol–water partition coefficient (Wildman–Crippen LogP) is 2.68. The molecule has 0 radical (unpaired) electrons. The standard InChI is InChI=1S/C27H43NO11/c1-6-10-20(31)35-16-18-25(37-21(32)11-7-2)26(38-22(33)12-8-3)24(28-19(30)15-14-17(5)29)27(36-18)39-23(34)13-9-4/h18,24-27H,6-16H2,1-5H3,(H,28,30)/t18-,24+,25-,26-,27?/m1/s1. The van der Waals surface area contributed by atoms with Gasteiger partial charge in [0.1, 0.15) is 24.5 Å². The number of carbonyl (C=O) groups excluding carboxylic acids is 6. The number of nitrogens with one attached hydrogen (secondary N) is 1. The van der Waals surface area contributed by atoms with E-state index >= 15 is 0 Å². The number of amides is 1. The third-order valence-corrected chi connectivity index (χ3v) is 5.69. The van der Waals surface area contributed by atoms with E-state index in [2.05, 4.69) is 5.32 Å². The van der Waals surface area contributed by atoms with Crippen LogP contribution in [-0.4, -0.2) is 72.8 Å². The molecule has 1 unspecified atom stereocenters. The maximum absolute atomic E-state index is 12.8. The first kappa shape index (κ1) is 34.0. The van der Waals surface area contributed by atoms with Gasteiger partial charge in [-0.1, -0.05) is 27.7 Å². The highest BCUT2D eigenvalue weighted by Gasteiger charge is 2.52. The summed E-state index contributed by atoms with van der Waals surface area (Å²) in [4.78, 5) is 73.9. The summed E-state index contributed by atoms with van der Waals surface area (Å²) in [7, 11) is 0. The molecule has 1 aliphatic heterocycles. The van der Waals surface area contributed by atoms with Gasteiger partial charge in [-0.3, -0.25) is 24.0 Å². The van der Waals surface area contributed by atoms with Crippen LogP contribution in [0.3, 0.4) is 0 Å². The molecule has 0 saturated carbocycles. The van der Waals surface area contributed by atoms with Crippen LogP contribution in [0.15, 0.2) is 0 Å². The van der Waals surface area contributed by atoms with Crippen molar-refractivity contribution < 1.29 is 52.5 Å². The van der Waals surface area contributed by atoms with Crippen molar-refractivity contribution in [3.05, 3.63) is 0 Å². The van der Waals surface area contributed by atoms with Crippen LogP contribution in [0.2, 0.25) is 0 Å². The largest absolute Gasteiger partial charge is 0.463 e. The normalized spacial score (nSPS) is 22.3. The molecule has 222 valence electrons. The molecule has 1 aliphatic rings. The number of hydrogen-bond donors (Lipinski definition) is 1. The number of ether oxygens (including phenoxy) is 5. The Bertz CT molecular complexity index is 844. The van der Waals surface area contributed by atoms with Crippen molar-refractivity contribution in [2.24, 2.45) is 0 Å². The molecule has 1 N–H and O–H groups in total. The fraction of sp³-hybridized carbons (Fsp3) is 0.778. The Morgan fingerprint density at radius 3 is 1.64 bits per heavy atom. The molecule has 0 spiro atoms. The molecule has 0 aliphatic carbocycles. The van der Waals surface area contributed by atoms with Gasteiger partial charge >= 0.3 is 23.9 Å². The monoisotopic (exact) mass is 557 g/mol. The molecule has 1 heterocycles. The highest BCUT2D eigenvalue weighted by atomic mass is 16.7. The number of ketones is 1. The molecule has 0 aromatic heterocycles. The van der Waals surface area contributed by atoms with E-state index in [0.717, 1.165) is 0 Å². The van der Waals surface area contributed by atoms with Gasteiger partial charge in [-0.05, 0) is 32.6 Å². The topological polar surface area (TPSA) is 161 Å². The van der Waals surface area contributed by atoms with Crippen molar-refractivity contribution in [3.63, 3.8) is 0 Å². The minimum absolute atomic E-state index is 0.0361. The van der Waals surface area contributed by atoms with Gasteiger partial charge in [0.15, 0.2) is 12.2 Å². The maximum atomic E-state index is 12.8. The first-order chi connectivity index (χ1) is 18.6. The van der Waals surface area contributed by atoms with Crippen LogP contribution < -0.4 is 5.32 Å². The van der Waals surface area contributed by atoms with Gasteiger partial charge < -0.3 is 33.8 Å². The molecule has 5 atom stereocenters. The Labute approximate surface area is 229 Å². The van der Waals surface area contributed by atoms with E-state index < -0.39 is 60.4 Å². The van der Waals surface area contributed by atoms with E-state index in [4.69, 9.17) is 23.7 Å². The van der Waals surface area contributed by atoms with Gasteiger partial charge in [-0.15, -0.1) is 0 Å². The van der Waals surface area contributed by atoms with Gasteiger partial charge in [0.2, 0.25) is 12.2 Å². The second-order valence-electron chi connectivity index (χ2n) is 9.42. The second kappa shape index (κ2) is 18.3. The van der Waals surface area contributed by atoms with E-state index in [9.17, 15) is 28.8 Å². The van der Waals surface area contributed by atoms with E-state index in [-0.39, 0.29) is 50.9 Å². The Morgan fingerprint density at radius 1 is 0.641 bits per heavy atom. The summed E-state index contributed by atoms with van der Waals surface area (Å²) >= 11 is 0. The third kappa shape index (κ3) is 12.6. The molecule has 1 saturated heterocycles. The summed E-state index contributed by atoms with van der Waals surface area (Å²) in [6, 6.07) is -1.27. The number of esters is 4. The number of Topliss-reactive ketones (excluding diaryl/α,β-unsaturated/α-hetero) is 1. The molecular formula is C27H43NO11. The van der Waals surface area contributed by atoms with E-state index in [1.807, 2.05) is 0 Å². The fourth-order valence-electron chi connectivity index (χ4n) is 3.80. The van der Waals surface area contributed by atoms with Crippen LogP contribution >= 0.6 is 0 Å². The molecule has 0 aromatic carbocycles. The van der Waals surface area contributed by atoms with Crippen molar-refractivity contribution in [1.29, 1.82) is 0 Å². The highest BCUT2D eigenvalue weighted by molar-refractivity contribution is 5.83. The van der Waals surface area contributed by atoms with Gasteiger partial charge in [-0.2, -0.15) is 0 Å².